The zero-order valence-corrected chi connectivity index (χ0v) is 17.9. The summed E-state index contributed by atoms with van der Waals surface area (Å²) in [4.78, 5) is 12.6. The molecular weight excluding hydrogens is 364 g/mol. The molecule has 2 aromatic rings. The summed E-state index contributed by atoms with van der Waals surface area (Å²) in [5.74, 6) is 0.827. The number of hydrogen-bond acceptors (Lipinski definition) is 5. The van der Waals surface area contributed by atoms with Gasteiger partial charge in [0.05, 0.1) is 20.1 Å². The molecule has 1 aliphatic rings. The minimum atomic E-state index is -0.274. The van der Waals surface area contributed by atoms with E-state index in [0.29, 0.717) is 12.5 Å². The molecule has 4 atom stereocenters. The van der Waals surface area contributed by atoms with Crippen LogP contribution in [0.5, 0.6) is 5.75 Å². The van der Waals surface area contributed by atoms with Crippen LogP contribution in [0.1, 0.15) is 49.4 Å². The number of carbonyl (C=O) groups is 1. The molecule has 5 nitrogen and oxygen atoms in total. The maximum Gasteiger partial charge on any atom is 0.311 e. The van der Waals surface area contributed by atoms with Crippen LogP contribution in [0, 0.1) is 5.92 Å². The van der Waals surface area contributed by atoms with Crippen LogP contribution in [0.2, 0.25) is 0 Å². The normalized spacial score (nSPS) is 23.9. The minimum absolute atomic E-state index is 0.00838. The lowest BCUT2D eigenvalue weighted by molar-refractivity contribution is -0.146. The van der Waals surface area contributed by atoms with Gasteiger partial charge in [0.1, 0.15) is 5.75 Å². The number of carbonyl (C=O) groups excluding carboxylic acids is 1. The Morgan fingerprint density at radius 3 is 2.48 bits per heavy atom. The quantitative estimate of drug-likeness (QED) is 0.697. The summed E-state index contributed by atoms with van der Waals surface area (Å²) in [6, 6.07) is 16.5. The fourth-order valence-corrected chi connectivity index (χ4v) is 4.23. The summed E-state index contributed by atoms with van der Waals surface area (Å²) in [6.07, 6.45) is 0. The zero-order valence-electron chi connectivity index (χ0n) is 17.9. The molecule has 2 N–H and O–H groups in total. The first-order chi connectivity index (χ1) is 14.0. The Hall–Kier alpha value is -2.37. The third-order valence-electron chi connectivity index (χ3n) is 5.86. The number of benzene rings is 2. The molecule has 1 aliphatic heterocycles. The van der Waals surface area contributed by atoms with Gasteiger partial charge >= 0.3 is 5.97 Å². The lowest BCUT2D eigenvalue weighted by Crippen LogP contribution is -2.42. The molecule has 5 heteroatoms. The highest BCUT2D eigenvalue weighted by Crippen LogP contribution is 2.33. The summed E-state index contributed by atoms with van der Waals surface area (Å²) >= 11 is 0. The van der Waals surface area contributed by atoms with Crippen LogP contribution in [0.25, 0.3) is 0 Å². The van der Waals surface area contributed by atoms with Crippen LogP contribution in [0.15, 0.2) is 48.5 Å². The molecule has 1 fully saturated rings. The molecule has 0 radical (unpaired) electrons. The van der Waals surface area contributed by atoms with E-state index in [2.05, 4.69) is 48.7 Å². The van der Waals surface area contributed by atoms with Crippen LogP contribution in [-0.2, 0) is 16.1 Å². The van der Waals surface area contributed by atoms with E-state index in [1.165, 1.54) is 12.7 Å². The molecule has 0 amide bonds. The second-order valence-electron chi connectivity index (χ2n) is 8.03. The first kappa shape index (κ1) is 21.3. The van der Waals surface area contributed by atoms with Crippen molar-refractivity contribution in [3.63, 3.8) is 0 Å². The van der Waals surface area contributed by atoms with Crippen molar-refractivity contribution in [1.29, 1.82) is 0 Å². The Kier molecular flexibility index (Phi) is 6.93. The molecule has 0 bridgehead atoms. The third kappa shape index (κ3) is 4.62. The van der Waals surface area contributed by atoms with Crippen LogP contribution in [0.3, 0.4) is 0 Å². The Morgan fingerprint density at radius 2 is 1.86 bits per heavy atom. The molecule has 29 heavy (non-hydrogen) atoms. The standard InChI is InChI=1S/C24H32N2O3/c1-15(2)18-11-12-20(28-4)19(13-18)14-25-23-21(24(27)29-5)16(3)26-22(23)17-9-7-6-8-10-17/h6-13,15-16,21-23,25-26H,14H2,1-5H3. The van der Waals surface area contributed by atoms with Gasteiger partial charge in [-0.15, -0.1) is 0 Å². The summed E-state index contributed by atoms with van der Waals surface area (Å²) in [6.45, 7) is 7.01. The maximum atomic E-state index is 12.6. The topological polar surface area (TPSA) is 59.6 Å². The van der Waals surface area contributed by atoms with Crippen LogP contribution < -0.4 is 15.4 Å². The Morgan fingerprint density at radius 1 is 1.14 bits per heavy atom. The van der Waals surface area contributed by atoms with E-state index >= 15 is 0 Å². The van der Waals surface area contributed by atoms with E-state index in [0.717, 1.165) is 16.9 Å². The van der Waals surface area contributed by atoms with E-state index in [1.54, 1.807) is 7.11 Å². The molecule has 3 rings (SSSR count). The second-order valence-corrected chi connectivity index (χ2v) is 8.03. The Labute approximate surface area is 173 Å². The smallest absolute Gasteiger partial charge is 0.311 e. The van der Waals surface area contributed by atoms with Crippen molar-refractivity contribution < 1.29 is 14.3 Å². The van der Waals surface area contributed by atoms with Gasteiger partial charge in [-0.25, -0.2) is 0 Å². The SMILES string of the molecule is COC(=O)C1C(C)NC(c2ccccc2)C1NCc1cc(C(C)C)ccc1OC. The summed E-state index contributed by atoms with van der Waals surface area (Å²) < 4.78 is 10.7. The van der Waals surface area contributed by atoms with E-state index in [9.17, 15) is 4.79 Å². The summed E-state index contributed by atoms with van der Waals surface area (Å²) in [5.41, 5.74) is 3.52. The second kappa shape index (κ2) is 9.42. The molecule has 2 aromatic carbocycles. The highest BCUT2D eigenvalue weighted by molar-refractivity contribution is 5.75. The number of rotatable bonds is 7. The number of methoxy groups -OCH3 is 2. The van der Waals surface area contributed by atoms with E-state index in [1.807, 2.05) is 31.2 Å². The van der Waals surface area contributed by atoms with Gasteiger partial charge in [0, 0.05) is 30.2 Å². The van der Waals surface area contributed by atoms with Crippen LogP contribution >= 0.6 is 0 Å². The molecular formula is C24H32N2O3. The van der Waals surface area contributed by atoms with Crippen molar-refractivity contribution in [2.75, 3.05) is 14.2 Å². The molecule has 156 valence electrons. The molecule has 0 spiro atoms. The van der Waals surface area contributed by atoms with Gasteiger partial charge < -0.3 is 20.1 Å². The van der Waals surface area contributed by atoms with Gasteiger partial charge in [-0.05, 0) is 30.0 Å². The van der Waals surface area contributed by atoms with E-state index in [-0.39, 0.29) is 30.0 Å². The lowest BCUT2D eigenvalue weighted by Gasteiger charge is -2.25. The van der Waals surface area contributed by atoms with Gasteiger partial charge in [-0.2, -0.15) is 0 Å². The largest absolute Gasteiger partial charge is 0.496 e. The number of ether oxygens (including phenoxy) is 2. The molecule has 1 saturated heterocycles. The molecule has 0 saturated carbocycles. The van der Waals surface area contributed by atoms with Gasteiger partial charge in [-0.3, -0.25) is 4.79 Å². The van der Waals surface area contributed by atoms with Gasteiger partial charge in [0.2, 0.25) is 0 Å². The number of nitrogens with one attached hydrogen (secondary N) is 2. The maximum absolute atomic E-state index is 12.6. The zero-order chi connectivity index (χ0) is 21.0. The lowest BCUT2D eigenvalue weighted by atomic mass is 9.90. The third-order valence-corrected chi connectivity index (χ3v) is 5.86. The van der Waals surface area contributed by atoms with Crippen molar-refractivity contribution in [1.82, 2.24) is 10.6 Å². The van der Waals surface area contributed by atoms with Crippen molar-refractivity contribution in [2.45, 2.75) is 51.4 Å². The van der Waals surface area contributed by atoms with E-state index in [4.69, 9.17) is 9.47 Å². The predicted octanol–water partition coefficient (Wildman–Crippen LogP) is 3.80. The number of hydrogen-bond donors (Lipinski definition) is 2. The minimum Gasteiger partial charge on any atom is -0.496 e. The molecule has 0 aromatic heterocycles. The number of esters is 1. The Balaban J connectivity index is 1.88. The van der Waals surface area contributed by atoms with Crippen molar-refractivity contribution in [3.8, 4) is 5.75 Å². The van der Waals surface area contributed by atoms with Gasteiger partial charge in [-0.1, -0.05) is 56.3 Å². The van der Waals surface area contributed by atoms with Crippen LogP contribution in [-0.4, -0.2) is 32.3 Å². The monoisotopic (exact) mass is 396 g/mol. The summed E-state index contributed by atoms with van der Waals surface area (Å²) in [7, 11) is 3.15. The molecule has 4 unspecified atom stereocenters. The first-order valence-electron chi connectivity index (χ1n) is 10.2. The highest BCUT2D eigenvalue weighted by atomic mass is 16.5. The highest BCUT2D eigenvalue weighted by Gasteiger charge is 2.45. The molecule has 0 aliphatic carbocycles. The molecule has 1 heterocycles. The Bertz CT molecular complexity index is 822. The van der Waals surface area contributed by atoms with Gasteiger partial charge in [0.15, 0.2) is 0 Å². The first-order valence-corrected chi connectivity index (χ1v) is 10.2. The van der Waals surface area contributed by atoms with E-state index < -0.39 is 0 Å². The average Bonchev–Trinajstić information content (AvgIpc) is 3.08. The fraction of sp³-hybridized carbons (Fsp3) is 0.458. The fourth-order valence-electron chi connectivity index (χ4n) is 4.23. The summed E-state index contributed by atoms with van der Waals surface area (Å²) in [5, 5.41) is 7.23. The van der Waals surface area contributed by atoms with Crippen molar-refractivity contribution >= 4 is 5.97 Å². The predicted molar refractivity (Wildman–Crippen MR) is 115 cm³/mol. The van der Waals surface area contributed by atoms with Crippen LogP contribution in [0.4, 0.5) is 0 Å². The average molecular weight is 397 g/mol. The van der Waals surface area contributed by atoms with Gasteiger partial charge in [0.25, 0.3) is 0 Å². The van der Waals surface area contributed by atoms with Crippen molar-refractivity contribution in [3.05, 3.63) is 65.2 Å². The van der Waals surface area contributed by atoms with Crippen molar-refractivity contribution in [2.24, 2.45) is 5.92 Å².